The van der Waals surface area contributed by atoms with Crippen LogP contribution in [0.5, 0.6) is 0 Å². The molecule has 6 nitrogen and oxygen atoms in total. The zero-order chi connectivity index (χ0) is 17.1. The molecule has 24 heavy (non-hydrogen) atoms. The molecule has 1 aliphatic rings. The van der Waals surface area contributed by atoms with E-state index in [2.05, 4.69) is 10.9 Å². The van der Waals surface area contributed by atoms with Crippen LogP contribution in [0.25, 0.3) is 0 Å². The average molecular weight is 323 g/mol. The summed E-state index contributed by atoms with van der Waals surface area (Å²) in [6, 6.07) is 15.0. The summed E-state index contributed by atoms with van der Waals surface area (Å²) in [5.41, 5.74) is 7.19. The van der Waals surface area contributed by atoms with Crippen LogP contribution in [-0.2, 0) is 9.59 Å². The molecule has 0 aliphatic carbocycles. The molecule has 1 saturated heterocycles. The fourth-order valence-electron chi connectivity index (χ4n) is 2.52. The normalized spacial score (nSPS) is 17.2. The Morgan fingerprint density at radius 1 is 1.04 bits per heavy atom. The molecule has 1 heterocycles. The van der Waals surface area contributed by atoms with E-state index in [1.807, 2.05) is 25.1 Å². The number of benzene rings is 2. The van der Waals surface area contributed by atoms with Gasteiger partial charge in [0.15, 0.2) is 0 Å². The van der Waals surface area contributed by atoms with Crippen molar-refractivity contribution in [2.75, 3.05) is 4.90 Å². The maximum atomic E-state index is 12.4. The maximum absolute atomic E-state index is 12.4. The van der Waals surface area contributed by atoms with Crippen molar-refractivity contribution in [1.29, 1.82) is 0 Å². The second-order valence-corrected chi connectivity index (χ2v) is 5.62. The first-order valence-electron chi connectivity index (χ1n) is 7.60. The van der Waals surface area contributed by atoms with Crippen molar-refractivity contribution in [3.63, 3.8) is 0 Å². The lowest BCUT2D eigenvalue weighted by molar-refractivity contribution is -0.121. The molecule has 0 bridgehead atoms. The highest BCUT2D eigenvalue weighted by Crippen LogP contribution is 2.22. The summed E-state index contributed by atoms with van der Waals surface area (Å²) in [7, 11) is 0. The van der Waals surface area contributed by atoms with Crippen LogP contribution in [0.3, 0.4) is 0 Å². The van der Waals surface area contributed by atoms with Crippen molar-refractivity contribution in [3.05, 3.63) is 65.7 Å². The number of nitrogens with one attached hydrogen (secondary N) is 2. The molecule has 0 saturated carbocycles. The zero-order valence-corrected chi connectivity index (χ0v) is 13.2. The van der Waals surface area contributed by atoms with Gasteiger partial charge in [0.1, 0.15) is 6.04 Å². The van der Waals surface area contributed by atoms with E-state index in [0.29, 0.717) is 11.3 Å². The van der Waals surface area contributed by atoms with Gasteiger partial charge in [-0.2, -0.15) is 0 Å². The number of imide groups is 1. The van der Waals surface area contributed by atoms with Gasteiger partial charge >= 0.3 is 0 Å². The van der Waals surface area contributed by atoms with Gasteiger partial charge in [0.05, 0.1) is 12.1 Å². The highest BCUT2D eigenvalue weighted by atomic mass is 16.2. The van der Waals surface area contributed by atoms with Crippen molar-refractivity contribution >= 4 is 23.4 Å². The summed E-state index contributed by atoms with van der Waals surface area (Å²) in [5, 5.41) is 0. The Balaban J connectivity index is 1.66. The maximum Gasteiger partial charge on any atom is 0.265 e. The number of hydrazine groups is 1. The number of carbonyl (C=O) groups is 3. The molecule has 1 unspecified atom stereocenters. The van der Waals surface area contributed by atoms with E-state index in [-0.39, 0.29) is 24.1 Å². The number of carbonyl (C=O) groups excluding carboxylic acids is 3. The van der Waals surface area contributed by atoms with E-state index in [1.54, 1.807) is 36.4 Å². The van der Waals surface area contributed by atoms with E-state index < -0.39 is 6.04 Å². The standard InChI is InChI=1S/C18H17N3O3/c1-12-7-9-14(10-8-12)21-16(22)11-15(18(21)24)19-20-17(23)13-5-3-2-4-6-13/h2-10,15,19H,11H2,1H3,(H,20,23). The Labute approximate surface area is 139 Å². The van der Waals surface area contributed by atoms with E-state index in [4.69, 9.17) is 0 Å². The third-order valence-electron chi connectivity index (χ3n) is 3.83. The van der Waals surface area contributed by atoms with Crippen molar-refractivity contribution in [3.8, 4) is 0 Å². The molecule has 0 aromatic heterocycles. The van der Waals surface area contributed by atoms with Crippen LogP contribution in [0, 0.1) is 6.92 Å². The fraction of sp³-hybridized carbons (Fsp3) is 0.167. The number of amides is 3. The summed E-state index contributed by atoms with van der Waals surface area (Å²) in [4.78, 5) is 37.7. The lowest BCUT2D eigenvalue weighted by atomic mass is 10.2. The van der Waals surface area contributed by atoms with Crippen LogP contribution in [-0.4, -0.2) is 23.8 Å². The molecule has 6 heteroatoms. The SMILES string of the molecule is Cc1ccc(N2C(=O)CC(NNC(=O)c3ccccc3)C2=O)cc1. The van der Waals surface area contributed by atoms with Gasteiger partial charge in [-0.05, 0) is 31.2 Å². The Bertz CT molecular complexity index is 772. The molecular formula is C18H17N3O3. The molecule has 3 amide bonds. The fourth-order valence-corrected chi connectivity index (χ4v) is 2.52. The minimum Gasteiger partial charge on any atom is -0.287 e. The number of anilines is 1. The predicted molar refractivity (Wildman–Crippen MR) is 89.1 cm³/mol. The van der Waals surface area contributed by atoms with Crippen LogP contribution in [0.1, 0.15) is 22.3 Å². The second-order valence-electron chi connectivity index (χ2n) is 5.62. The van der Waals surface area contributed by atoms with Crippen LogP contribution >= 0.6 is 0 Å². The van der Waals surface area contributed by atoms with Gasteiger partial charge in [-0.15, -0.1) is 0 Å². The van der Waals surface area contributed by atoms with Gasteiger partial charge in [-0.3, -0.25) is 19.8 Å². The number of rotatable bonds is 4. The lowest BCUT2D eigenvalue weighted by Gasteiger charge is -2.16. The third-order valence-corrected chi connectivity index (χ3v) is 3.83. The quantitative estimate of drug-likeness (QED) is 0.661. The highest BCUT2D eigenvalue weighted by molar-refractivity contribution is 6.22. The van der Waals surface area contributed by atoms with Crippen LogP contribution in [0.2, 0.25) is 0 Å². The Hall–Kier alpha value is -2.99. The largest absolute Gasteiger partial charge is 0.287 e. The Kier molecular flexibility index (Phi) is 4.39. The Morgan fingerprint density at radius 3 is 2.38 bits per heavy atom. The zero-order valence-electron chi connectivity index (χ0n) is 13.2. The summed E-state index contributed by atoms with van der Waals surface area (Å²) in [6.45, 7) is 1.93. The van der Waals surface area contributed by atoms with Crippen molar-refractivity contribution in [1.82, 2.24) is 10.9 Å². The summed E-state index contributed by atoms with van der Waals surface area (Å²) in [6.07, 6.45) is 0.00177. The molecule has 2 N–H and O–H groups in total. The number of nitrogens with zero attached hydrogens (tertiary/aromatic N) is 1. The van der Waals surface area contributed by atoms with Crippen LogP contribution in [0.4, 0.5) is 5.69 Å². The van der Waals surface area contributed by atoms with Gasteiger partial charge in [0, 0.05) is 5.56 Å². The molecule has 2 aromatic carbocycles. The minimum absolute atomic E-state index is 0.00177. The molecule has 0 radical (unpaired) electrons. The number of hydrogen-bond acceptors (Lipinski definition) is 4. The van der Waals surface area contributed by atoms with Gasteiger partial charge in [-0.25, -0.2) is 10.3 Å². The lowest BCUT2D eigenvalue weighted by Crippen LogP contribution is -2.48. The molecule has 1 fully saturated rings. The number of aryl methyl sites for hydroxylation is 1. The van der Waals surface area contributed by atoms with Crippen molar-refractivity contribution < 1.29 is 14.4 Å². The second kappa shape index (κ2) is 6.64. The molecule has 1 aliphatic heterocycles. The van der Waals surface area contributed by atoms with E-state index >= 15 is 0 Å². The minimum atomic E-state index is -0.772. The number of hydrogen-bond donors (Lipinski definition) is 2. The topological polar surface area (TPSA) is 78.5 Å². The van der Waals surface area contributed by atoms with Crippen LogP contribution in [0.15, 0.2) is 54.6 Å². The smallest absolute Gasteiger partial charge is 0.265 e. The monoisotopic (exact) mass is 323 g/mol. The van der Waals surface area contributed by atoms with Crippen molar-refractivity contribution in [2.45, 2.75) is 19.4 Å². The molecular weight excluding hydrogens is 306 g/mol. The van der Waals surface area contributed by atoms with Crippen LogP contribution < -0.4 is 15.8 Å². The van der Waals surface area contributed by atoms with E-state index in [9.17, 15) is 14.4 Å². The predicted octanol–water partition coefficient (Wildman–Crippen LogP) is 1.56. The van der Waals surface area contributed by atoms with Gasteiger partial charge in [-0.1, -0.05) is 35.9 Å². The van der Waals surface area contributed by atoms with E-state index in [1.165, 1.54) is 0 Å². The van der Waals surface area contributed by atoms with Gasteiger partial charge in [0.25, 0.3) is 11.8 Å². The summed E-state index contributed by atoms with van der Waals surface area (Å²) in [5.74, 6) is -1.03. The first-order valence-corrected chi connectivity index (χ1v) is 7.60. The highest BCUT2D eigenvalue weighted by Gasteiger charge is 2.39. The molecule has 3 rings (SSSR count). The molecule has 122 valence electrons. The van der Waals surface area contributed by atoms with Crippen molar-refractivity contribution in [2.24, 2.45) is 0 Å². The van der Waals surface area contributed by atoms with Gasteiger partial charge in [0.2, 0.25) is 5.91 Å². The summed E-state index contributed by atoms with van der Waals surface area (Å²) >= 11 is 0. The van der Waals surface area contributed by atoms with Gasteiger partial charge < -0.3 is 0 Å². The average Bonchev–Trinajstić information content (AvgIpc) is 2.88. The Morgan fingerprint density at radius 2 is 1.71 bits per heavy atom. The van der Waals surface area contributed by atoms with E-state index in [0.717, 1.165) is 10.5 Å². The first-order chi connectivity index (χ1) is 11.6. The first kappa shape index (κ1) is 15.9. The molecule has 1 atom stereocenters. The summed E-state index contributed by atoms with van der Waals surface area (Å²) < 4.78 is 0. The molecule has 2 aromatic rings. The molecule has 0 spiro atoms. The third kappa shape index (κ3) is 3.18.